The highest BCUT2D eigenvalue weighted by Gasteiger charge is 2.22. The Balaban J connectivity index is 1.51. The van der Waals surface area contributed by atoms with Gasteiger partial charge in [-0.2, -0.15) is 5.10 Å². The number of nitrogens with one attached hydrogen (secondary N) is 1. The zero-order valence-corrected chi connectivity index (χ0v) is 17.7. The maximum absolute atomic E-state index is 13.3. The summed E-state index contributed by atoms with van der Waals surface area (Å²) in [6, 6.07) is 27.2. The summed E-state index contributed by atoms with van der Waals surface area (Å²) >= 11 is 1.45. The largest absolute Gasteiger partial charge is 0.339 e. The van der Waals surface area contributed by atoms with Crippen molar-refractivity contribution in [3.63, 3.8) is 0 Å². The van der Waals surface area contributed by atoms with Gasteiger partial charge in [-0.05, 0) is 42.8 Å². The molecule has 5 aromatic rings. The normalized spacial score (nSPS) is 12.0. The van der Waals surface area contributed by atoms with Crippen LogP contribution in [0.4, 0.5) is 0 Å². The van der Waals surface area contributed by atoms with Crippen LogP contribution in [0.25, 0.3) is 15.9 Å². The highest BCUT2D eigenvalue weighted by atomic mass is 32.1. The average molecular weight is 425 g/mol. The summed E-state index contributed by atoms with van der Waals surface area (Å²) in [5.74, 6) is -0.125. The SMILES string of the molecule is Cc1nn(-c2ccccc2)c2sc(C(=O)NC(c3ccccc3)c3ccccn3)cc12. The van der Waals surface area contributed by atoms with Gasteiger partial charge in [0.25, 0.3) is 5.91 Å². The van der Waals surface area contributed by atoms with E-state index in [1.165, 1.54) is 11.3 Å². The Labute approximate surface area is 184 Å². The van der Waals surface area contributed by atoms with Gasteiger partial charge in [-0.25, -0.2) is 4.68 Å². The lowest BCUT2D eigenvalue weighted by atomic mass is 10.0. The third kappa shape index (κ3) is 3.73. The molecule has 0 bridgehead atoms. The van der Waals surface area contributed by atoms with Crippen LogP contribution < -0.4 is 5.32 Å². The van der Waals surface area contributed by atoms with Crippen molar-refractivity contribution in [2.75, 3.05) is 0 Å². The van der Waals surface area contributed by atoms with E-state index in [0.29, 0.717) is 4.88 Å². The van der Waals surface area contributed by atoms with E-state index in [1.807, 2.05) is 96.5 Å². The average Bonchev–Trinajstić information content (AvgIpc) is 3.40. The Bertz CT molecular complexity index is 1290. The molecule has 0 spiro atoms. The molecule has 1 atom stereocenters. The van der Waals surface area contributed by atoms with E-state index in [2.05, 4.69) is 15.4 Å². The van der Waals surface area contributed by atoms with E-state index < -0.39 is 0 Å². The predicted octanol–water partition coefficient (Wildman–Crippen LogP) is 5.31. The number of amides is 1. The van der Waals surface area contributed by atoms with Gasteiger partial charge < -0.3 is 5.32 Å². The maximum Gasteiger partial charge on any atom is 0.262 e. The highest BCUT2D eigenvalue weighted by molar-refractivity contribution is 7.20. The summed E-state index contributed by atoms with van der Waals surface area (Å²) in [6.45, 7) is 1.97. The molecule has 6 heteroatoms. The van der Waals surface area contributed by atoms with Crippen LogP contribution in [0.5, 0.6) is 0 Å². The Morgan fingerprint density at radius 2 is 1.68 bits per heavy atom. The van der Waals surface area contributed by atoms with E-state index in [4.69, 9.17) is 0 Å². The van der Waals surface area contributed by atoms with Crippen LogP contribution in [0.1, 0.15) is 32.7 Å². The molecular formula is C25H20N4OS. The second-order valence-electron chi connectivity index (χ2n) is 7.23. The van der Waals surface area contributed by atoms with Crippen molar-refractivity contribution in [1.29, 1.82) is 0 Å². The van der Waals surface area contributed by atoms with Crippen LogP contribution in [-0.2, 0) is 0 Å². The van der Waals surface area contributed by atoms with E-state index in [9.17, 15) is 4.79 Å². The molecule has 0 saturated heterocycles. The number of hydrogen-bond acceptors (Lipinski definition) is 4. The van der Waals surface area contributed by atoms with Crippen LogP contribution in [0.2, 0.25) is 0 Å². The van der Waals surface area contributed by atoms with Gasteiger partial charge in [-0.15, -0.1) is 11.3 Å². The van der Waals surface area contributed by atoms with Crippen molar-refractivity contribution in [2.24, 2.45) is 0 Å². The van der Waals surface area contributed by atoms with Crippen molar-refractivity contribution in [3.8, 4) is 5.69 Å². The van der Waals surface area contributed by atoms with Crippen molar-refractivity contribution in [1.82, 2.24) is 20.1 Å². The van der Waals surface area contributed by atoms with Gasteiger partial charge in [0.15, 0.2) is 0 Å². The number of fused-ring (bicyclic) bond motifs is 1. The van der Waals surface area contributed by atoms with Gasteiger partial charge in [0, 0.05) is 11.6 Å². The van der Waals surface area contributed by atoms with E-state index >= 15 is 0 Å². The fraction of sp³-hybridized carbons (Fsp3) is 0.0800. The minimum Gasteiger partial charge on any atom is -0.339 e. The molecule has 5 rings (SSSR count). The number of hydrogen-bond donors (Lipinski definition) is 1. The van der Waals surface area contributed by atoms with Crippen LogP contribution in [-0.4, -0.2) is 20.7 Å². The van der Waals surface area contributed by atoms with E-state index in [-0.39, 0.29) is 11.9 Å². The molecule has 0 aliphatic carbocycles. The van der Waals surface area contributed by atoms with Crippen LogP contribution in [0.3, 0.4) is 0 Å². The maximum atomic E-state index is 13.3. The second-order valence-corrected chi connectivity index (χ2v) is 8.26. The van der Waals surface area contributed by atoms with E-state index in [1.54, 1.807) is 6.20 Å². The number of nitrogens with zero attached hydrogens (tertiary/aromatic N) is 3. The Morgan fingerprint density at radius 1 is 0.968 bits per heavy atom. The zero-order valence-electron chi connectivity index (χ0n) is 16.9. The topological polar surface area (TPSA) is 59.8 Å². The van der Waals surface area contributed by atoms with Crippen molar-refractivity contribution in [3.05, 3.63) is 113 Å². The van der Waals surface area contributed by atoms with Gasteiger partial charge in [-0.3, -0.25) is 9.78 Å². The lowest BCUT2D eigenvalue weighted by molar-refractivity contribution is 0.0946. The van der Waals surface area contributed by atoms with Crippen molar-refractivity contribution >= 4 is 27.5 Å². The van der Waals surface area contributed by atoms with Gasteiger partial charge in [0.1, 0.15) is 4.83 Å². The first-order valence-corrected chi connectivity index (χ1v) is 10.8. The number of benzene rings is 2. The third-order valence-corrected chi connectivity index (χ3v) is 6.27. The minimum absolute atomic E-state index is 0.125. The Morgan fingerprint density at radius 3 is 2.39 bits per heavy atom. The van der Waals surface area contributed by atoms with Gasteiger partial charge in [0.05, 0.1) is 28.0 Å². The first-order chi connectivity index (χ1) is 15.2. The third-order valence-electron chi connectivity index (χ3n) is 5.16. The molecule has 1 unspecified atom stereocenters. The number of pyridine rings is 1. The summed E-state index contributed by atoms with van der Waals surface area (Å²) in [4.78, 5) is 19.4. The number of carbonyl (C=O) groups excluding carboxylic acids is 1. The lowest BCUT2D eigenvalue weighted by Gasteiger charge is -2.18. The smallest absolute Gasteiger partial charge is 0.262 e. The second kappa shape index (κ2) is 8.16. The molecule has 0 aliphatic rings. The summed E-state index contributed by atoms with van der Waals surface area (Å²) in [5, 5.41) is 8.83. The van der Waals surface area contributed by atoms with Gasteiger partial charge >= 0.3 is 0 Å². The highest BCUT2D eigenvalue weighted by Crippen LogP contribution is 2.31. The molecule has 0 fully saturated rings. The molecule has 31 heavy (non-hydrogen) atoms. The van der Waals surface area contributed by atoms with Crippen molar-refractivity contribution in [2.45, 2.75) is 13.0 Å². The molecule has 1 N–H and O–H groups in total. The minimum atomic E-state index is -0.327. The molecule has 152 valence electrons. The van der Waals surface area contributed by atoms with Crippen LogP contribution in [0, 0.1) is 6.92 Å². The number of carbonyl (C=O) groups is 1. The zero-order chi connectivity index (χ0) is 21.2. The number of aromatic nitrogens is 3. The monoisotopic (exact) mass is 424 g/mol. The summed E-state index contributed by atoms with van der Waals surface area (Å²) in [5.41, 5.74) is 3.67. The number of aryl methyl sites for hydroxylation is 1. The number of para-hydroxylation sites is 1. The van der Waals surface area contributed by atoms with Gasteiger partial charge in [0.2, 0.25) is 0 Å². The molecule has 3 aromatic heterocycles. The molecule has 2 aromatic carbocycles. The Hall–Kier alpha value is -3.77. The number of rotatable bonds is 5. The molecule has 0 radical (unpaired) electrons. The fourth-order valence-corrected chi connectivity index (χ4v) is 4.71. The summed E-state index contributed by atoms with van der Waals surface area (Å²) in [6.07, 6.45) is 1.74. The molecule has 1 amide bonds. The summed E-state index contributed by atoms with van der Waals surface area (Å²) in [7, 11) is 0. The molecule has 0 saturated carbocycles. The van der Waals surface area contributed by atoms with E-state index in [0.717, 1.165) is 32.9 Å². The van der Waals surface area contributed by atoms with Crippen LogP contribution in [0.15, 0.2) is 91.1 Å². The summed E-state index contributed by atoms with van der Waals surface area (Å²) < 4.78 is 1.90. The predicted molar refractivity (Wildman–Crippen MR) is 124 cm³/mol. The molecule has 5 nitrogen and oxygen atoms in total. The fourth-order valence-electron chi connectivity index (χ4n) is 3.63. The molecular weight excluding hydrogens is 404 g/mol. The molecule has 0 aliphatic heterocycles. The number of thiophene rings is 1. The van der Waals surface area contributed by atoms with Crippen molar-refractivity contribution < 1.29 is 4.79 Å². The first-order valence-electron chi connectivity index (χ1n) is 10.0. The van der Waals surface area contributed by atoms with Gasteiger partial charge in [-0.1, -0.05) is 54.6 Å². The van der Waals surface area contributed by atoms with Crippen LogP contribution >= 0.6 is 11.3 Å². The Kier molecular flexibility index (Phi) is 5.06. The first kappa shape index (κ1) is 19.2. The lowest BCUT2D eigenvalue weighted by Crippen LogP contribution is -2.29. The quantitative estimate of drug-likeness (QED) is 0.416. The standard InChI is InChI=1S/C25H20N4OS/c1-17-20-16-22(31-25(20)29(28-17)19-12-6-3-7-13-19)24(30)27-23(18-10-4-2-5-11-18)21-14-8-9-15-26-21/h2-16,23H,1H3,(H,27,30). The molecule has 3 heterocycles.